The number of Topliss-reactive ketones (excluding diaryl/α,β-unsaturated/α-hetero) is 1. The maximum absolute atomic E-state index is 12.6. The summed E-state index contributed by atoms with van der Waals surface area (Å²) in [5.74, 6) is 0.478. The molecule has 3 heteroatoms. The predicted octanol–water partition coefficient (Wildman–Crippen LogP) is 3.20. The number of likely N-dealkylation sites (N-methyl/N-ethyl adjacent to an activating group) is 1. The molecule has 0 saturated heterocycles. The van der Waals surface area contributed by atoms with Crippen LogP contribution in [0, 0.1) is 5.41 Å². The summed E-state index contributed by atoms with van der Waals surface area (Å²) >= 11 is 1.71. The Kier molecular flexibility index (Phi) is 3.69. The van der Waals surface area contributed by atoms with E-state index in [9.17, 15) is 4.79 Å². The zero-order valence-electron chi connectivity index (χ0n) is 10.8. The van der Waals surface area contributed by atoms with Crippen LogP contribution in [-0.2, 0) is 4.79 Å². The number of ketones is 1. The lowest BCUT2D eigenvalue weighted by atomic mass is 9.79. The Morgan fingerprint density at radius 3 is 2.82 bits per heavy atom. The summed E-state index contributed by atoms with van der Waals surface area (Å²) in [6.45, 7) is 4.39. The molecule has 2 nitrogen and oxygen atoms in total. The van der Waals surface area contributed by atoms with Gasteiger partial charge in [-0.2, -0.15) is 0 Å². The Bertz CT molecular complexity index is 383. The van der Waals surface area contributed by atoms with Gasteiger partial charge in [0.15, 0.2) is 5.78 Å². The van der Waals surface area contributed by atoms with Crippen molar-refractivity contribution in [1.29, 1.82) is 0 Å². The molecule has 2 atom stereocenters. The number of nitrogens with one attached hydrogen (secondary N) is 1. The molecule has 2 rings (SSSR count). The molecule has 1 aromatic rings. The van der Waals surface area contributed by atoms with E-state index in [1.54, 1.807) is 11.3 Å². The molecular weight excluding hydrogens is 230 g/mol. The second-order valence-corrected chi connectivity index (χ2v) is 6.55. The first-order chi connectivity index (χ1) is 8.06. The van der Waals surface area contributed by atoms with Crippen molar-refractivity contribution in [3.05, 3.63) is 22.4 Å². The number of rotatable bonds is 2. The Balaban J connectivity index is 2.29. The standard InChI is InChI=1S/C14H21NOS/c1-14(2)8-4-6-10(11-7-5-9-17-11)12(16)13(14)15-3/h5,7,9-10,13,15H,4,6,8H2,1-3H3. The molecule has 0 aromatic carbocycles. The van der Waals surface area contributed by atoms with Crippen molar-refractivity contribution in [2.75, 3.05) is 7.05 Å². The van der Waals surface area contributed by atoms with E-state index in [1.807, 2.05) is 13.1 Å². The van der Waals surface area contributed by atoms with Gasteiger partial charge in [-0.15, -0.1) is 11.3 Å². The van der Waals surface area contributed by atoms with Crippen molar-refractivity contribution < 1.29 is 4.79 Å². The van der Waals surface area contributed by atoms with Gasteiger partial charge in [-0.3, -0.25) is 4.79 Å². The van der Waals surface area contributed by atoms with Crippen molar-refractivity contribution in [2.24, 2.45) is 5.41 Å². The predicted molar refractivity (Wildman–Crippen MR) is 72.5 cm³/mol. The fourth-order valence-corrected chi connectivity index (χ4v) is 3.81. The molecule has 1 saturated carbocycles. The van der Waals surface area contributed by atoms with Crippen LogP contribution < -0.4 is 5.32 Å². The average Bonchev–Trinajstić information content (AvgIpc) is 2.74. The van der Waals surface area contributed by atoms with E-state index in [-0.39, 0.29) is 17.4 Å². The molecule has 1 heterocycles. The quantitative estimate of drug-likeness (QED) is 0.818. The highest BCUT2D eigenvalue weighted by Gasteiger charge is 2.40. The number of carbonyl (C=O) groups excluding carboxylic acids is 1. The van der Waals surface area contributed by atoms with E-state index in [0.29, 0.717) is 5.78 Å². The lowest BCUT2D eigenvalue weighted by Crippen LogP contribution is -2.46. The third-order valence-electron chi connectivity index (χ3n) is 3.90. The first-order valence-corrected chi connectivity index (χ1v) is 7.18. The topological polar surface area (TPSA) is 29.1 Å². The number of hydrogen-bond acceptors (Lipinski definition) is 3. The van der Waals surface area contributed by atoms with Gasteiger partial charge >= 0.3 is 0 Å². The van der Waals surface area contributed by atoms with E-state index in [2.05, 4.69) is 30.6 Å². The van der Waals surface area contributed by atoms with E-state index in [0.717, 1.165) is 19.3 Å². The molecule has 0 amide bonds. The SMILES string of the molecule is CNC1C(=O)C(c2cccs2)CCCC1(C)C. The highest BCUT2D eigenvalue weighted by atomic mass is 32.1. The molecule has 0 spiro atoms. The zero-order valence-corrected chi connectivity index (χ0v) is 11.6. The van der Waals surface area contributed by atoms with Crippen LogP contribution in [0.5, 0.6) is 0 Å². The van der Waals surface area contributed by atoms with Crippen LogP contribution in [-0.4, -0.2) is 18.9 Å². The van der Waals surface area contributed by atoms with Gasteiger partial charge in [-0.25, -0.2) is 0 Å². The molecule has 1 N–H and O–H groups in total. The smallest absolute Gasteiger partial charge is 0.158 e. The largest absolute Gasteiger partial charge is 0.310 e. The summed E-state index contributed by atoms with van der Waals surface area (Å²) in [4.78, 5) is 13.9. The molecule has 0 bridgehead atoms. The van der Waals surface area contributed by atoms with Crippen LogP contribution in [0.15, 0.2) is 17.5 Å². The van der Waals surface area contributed by atoms with Crippen LogP contribution in [0.3, 0.4) is 0 Å². The van der Waals surface area contributed by atoms with Gasteiger partial charge in [0.2, 0.25) is 0 Å². The Morgan fingerprint density at radius 1 is 1.47 bits per heavy atom. The molecule has 1 aliphatic rings. The minimum Gasteiger partial charge on any atom is -0.310 e. The summed E-state index contributed by atoms with van der Waals surface area (Å²) < 4.78 is 0. The van der Waals surface area contributed by atoms with Crippen LogP contribution in [0.1, 0.15) is 43.9 Å². The maximum Gasteiger partial charge on any atom is 0.158 e. The van der Waals surface area contributed by atoms with Gasteiger partial charge in [0.25, 0.3) is 0 Å². The van der Waals surface area contributed by atoms with E-state index < -0.39 is 0 Å². The summed E-state index contributed by atoms with van der Waals surface area (Å²) in [5.41, 5.74) is 0.0673. The van der Waals surface area contributed by atoms with Gasteiger partial charge in [-0.05, 0) is 36.8 Å². The molecular formula is C14H21NOS. The van der Waals surface area contributed by atoms with Crippen molar-refractivity contribution in [1.82, 2.24) is 5.32 Å². The molecule has 1 aliphatic carbocycles. The van der Waals surface area contributed by atoms with Crippen LogP contribution in [0.2, 0.25) is 0 Å². The normalized spacial score (nSPS) is 29.0. The van der Waals surface area contributed by atoms with Crippen molar-refractivity contribution in [2.45, 2.75) is 45.1 Å². The van der Waals surface area contributed by atoms with Crippen molar-refractivity contribution in [3.8, 4) is 0 Å². The summed E-state index contributed by atoms with van der Waals surface area (Å²) in [7, 11) is 1.90. The van der Waals surface area contributed by atoms with Gasteiger partial charge in [0, 0.05) is 4.88 Å². The van der Waals surface area contributed by atoms with Gasteiger partial charge in [0.05, 0.1) is 12.0 Å². The first kappa shape index (κ1) is 12.8. The van der Waals surface area contributed by atoms with Gasteiger partial charge in [-0.1, -0.05) is 26.3 Å². The molecule has 0 aliphatic heterocycles. The summed E-state index contributed by atoms with van der Waals surface area (Å²) in [5, 5.41) is 5.29. The summed E-state index contributed by atoms with van der Waals surface area (Å²) in [6.07, 6.45) is 3.26. The Morgan fingerprint density at radius 2 is 2.24 bits per heavy atom. The number of thiophene rings is 1. The molecule has 2 unspecified atom stereocenters. The lowest BCUT2D eigenvalue weighted by Gasteiger charge is -2.32. The van der Waals surface area contributed by atoms with E-state index in [1.165, 1.54) is 4.88 Å². The third kappa shape index (κ3) is 2.45. The first-order valence-electron chi connectivity index (χ1n) is 6.30. The van der Waals surface area contributed by atoms with Crippen LogP contribution in [0.25, 0.3) is 0 Å². The minimum absolute atomic E-state index is 0.0166. The Labute approximate surface area is 107 Å². The zero-order chi connectivity index (χ0) is 12.5. The number of carbonyl (C=O) groups is 1. The fraction of sp³-hybridized carbons (Fsp3) is 0.643. The fourth-order valence-electron chi connectivity index (χ4n) is 2.94. The highest BCUT2D eigenvalue weighted by molar-refractivity contribution is 7.10. The molecule has 1 fully saturated rings. The molecule has 17 heavy (non-hydrogen) atoms. The minimum atomic E-state index is -0.0166. The van der Waals surface area contributed by atoms with Gasteiger partial charge < -0.3 is 5.32 Å². The van der Waals surface area contributed by atoms with E-state index >= 15 is 0 Å². The summed E-state index contributed by atoms with van der Waals surface area (Å²) in [6, 6.07) is 4.12. The second-order valence-electron chi connectivity index (χ2n) is 5.57. The van der Waals surface area contributed by atoms with Crippen molar-refractivity contribution >= 4 is 17.1 Å². The second kappa shape index (κ2) is 4.91. The molecule has 94 valence electrons. The van der Waals surface area contributed by atoms with Crippen molar-refractivity contribution in [3.63, 3.8) is 0 Å². The number of hydrogen-bond donors (Lipinski definition) is 1. The molecule has 0 radical (unpaired) electrons. The van der Waals surface area contributed by atoms with Crippen LogP contribution in [0.4, 0.5) is 0 Å². The lowest BCUT2D eigenvalue weighted by molar-refractivity contribution is -0.124. The van der Waals surface area contributed by atoms with Crippen LogP contribution >= 0.6 is 11.3 Å². The third-order valence-corrected chi connectivity index (χ3v) is 4.88. The maximum atomic E-state index is 12.6. The van der Waals surface area contributed by atoms with E-state index in [4.69, 9.17) is 0 Å². The monoisotopic (exact) mass is 251 g/mol. The Hall–Kier alpha value is -0.670. The average molecular weight is 251 g/mol. The van der Waals surface area contributed by atoms with Gasteiger partial charge in [0.1, 0.15) is 0 Å². The molecule has 1 aromatic heterocycles. The highest BCUT2D eigenvalue weighted by Crippen LogP contribution is 2.39.